The van der Waals surface area contributed by atoms with Crippen LogP contribution < -0.4 is 10.6 Å². The second-order valence-electron chi connectivity index (χ2n) is 4.52. The van der Waals surface area contributed by atoms with E-state index in [1.165, 1.54) is 12.8 Å². The fourth-order valence-corrected chi connectivity index (χ4v) is 2.75. The largest absolute Gasteiger partial charge is 0.355 e. The monoisotopic (exact) mass is 283 g/mol. The summed E-state index contributed by atoms with van der Waals surface area (Å²) < 4.78 is 1.07. The van der Waals surface area contributed by atoms with Crippen molar-refractivity contribution in [1.82, 2.24) is 4.98 Å². The molecule has 1 saturated heterocycles. The Morgan fingerprint density at radius 1 is 1.62 bits per heavy atom. The van der Waals surface area contributed by atoms with Gasteiger partial charge in [-0.2, -0.15) is 0 Å². The molecule has 1 aromatic heterocycles. The molecule has 16 heavy (non-hydrogen) atoms. The zero-order chi connectivity index (χ0) is 11.5. The molecule has 2 unspecified atom stereocenters. The summed E-state index contributed by atoms with van der Waals surface area (Å²) in [5.74, 6) is 1.63. The van der Waals surface area contributed by atoms with Crippen molar-refractivity contribution in [3.63, 3.8) is 0 Å². The molecular weight excluding hydrogens is 266 g/mol. The minimum absolute atomic E-state index is 0.269. The first-order valence-corrected chi connectivity index (χ1v) is 6.59. The minimum atomic E-state index is 0.269. The van der Waals surface area contributed by atoms with E-state index in [9.17, 15) is 0 Å². The van der Waals surface area contributed by atoms with Gasteiger partial charge in [0.1, 0.15) is 5.82 Å². The molecule has 2 rings (SSSR count). The van der Waals surface area contributed by atoms with E-state index in [4.69, 9.17) is 5.73 Å². The highest BCUT2D eigenvalue weighted by atomic mass is 79.9. The number of halogens is 1. The van der Waals surface area contributed by atoms with Gasteiger partial charge in [-0.3, -0.25) is 0 Å². The SMILES string of the molecule is CC(N)C1CCCN(c2ncccc2Br)C1. The number of anilines is 1. The maximum absolute atomic E-state index is 5.99. The molecular formula is C12H18BrN3. The Morgan fingerprint density at radius 3 is 3.12 bits per heavy atom. The van der Waals surface area contributed by atoms with E-state index in [-0.39, 0.29) is 6.04 Å². The predicted molar refractivity (Wildman–Crippen MR) is 70.5 cm³/mol. The highest BCUT2D eigenvalue weighted by Crippen LogP contribution is 2.28. The lowest BCUT2D eigenvalue weighted by Gasteiger charge is -2.35. The normalized spacial score (nSPS) is 23.2. The van der Waals surface area contributed by atoms with Crippen LogP contribution in [-0.2, 0) is 0 Å². The first-order valence-electron chi connectivity index (χ1n) is 5.79. The standard InChI is InChI=1S/C12H18BrN3/c1-9(14)10-4-3-7-16(8-10)12-11(13)5-2-6-15-12/h2,5-6,9-10H,3-4,7-8,14H2,1H3. The third kappa shape index (κ3) is 2.55. The maximum atomic E-state index is 5.99. The van der Waals surface area contributed by atoms with E-state index in [1.54, 1.807) is 0 Å². The number of hydrogen-bond acceptors (Lipinski definition) is 3. The molecule has 2 heterocycles. The zero-order valence-corrected chi connectivity index (χ0v) is 11.2. The van der Waals surface area contributed by atoms with Crippen LogP contribution in [0.25, 0.3) is 0 Å². The molecule has 1 fully saturated rings. The summed E-state index contributed by atoms with van der Waals surface area (Å²) in [5, 5.41) is 0. The first-order chi connectivity index (χ1) is 7.68. The number of nitrogens with two attached hydrogens (primary N) is 1. The molecule has 0 amide bonds. The van der Waals surface area contributed by atoms with Crippen molar-refractivity contribution in [2.24, 2.45) is 11.7 Å². The Bertz CT molecular complexity index is 354. The Labute approximate surface area is 105 Å². The molecule has 0 aliphatic carbocycles. The molecule has 1 aliphatic heterocycles. The van der Waals surface area contributed by atoms with Gasteiger partial charge >= 0.3 is 0 Å². The highest BCUT2D eigenvalue weighted by Gasteiger charge is 2.24. The average molecular weight is 284 g/mol. The van der Waals surface area contributed by atoms with Crippen molar-refractivity contribution >= 4 is 21.7 Å². The van der Waals surface area contributed by atoms with Crippen LogP contribution in [-0.4, -0.2) is 24.1 Å². The van der Waals surface area contributed by atoms with E-state index in [1.807, 2.05) is 18.3 Å². The van der Waals surface area contributed by atoms with Crippen molar-refractivity contribution in [3.8, 4) is 0 Å². The van der Waals surface area contributed by atoms with E-state index in [2.05, 4.69) is 32.7 Å². The highest BCUT2D eigenvalue weighted by molar-refractivity contribution is 9.10. The quantitative estimate of drug-likeness (QED) is 0.906. The molecule has 3 nitrogen and oxygen atoms in total. The summed E-state index contributed by atoms with van der Waals surface area (Å²) >= 11 is 3.55. The van der Waals surface area contributed by atoms with Crippen LogP contribution in [0.5, 0.6) is 0 Å². The Morgan fingerprint density at radius 2 is 2.44 bits per heavy atom. The third-order valence-electron chi connectivity index (χ3n) is 3.24. The fourth-order valence-electron chi connectivity index (χ4n) is 2.24. The predicted octanol–water partition coefficient (Wildman–Crippen LogP) is 2.41. The van der Waals surface area contributed by atoms with Gasteiger partial charge in [-0.05, 0) is 53.7 Å². The number of rotatable bonds is 2. The molecule has 88 valence electrons. The van der Waals surface area contributed by atoms with Gasteiger partial charge < -0.3 is 10.6 Å². The molecule has 0 saturated carbocycles. The second kappa shape index (κ2) is 5.15. The summed E-state index contributed by atoms with van der Waals surface area (Å²) in [6.45, 7) is 4.20. The van der Waals surface area contributed by atoms with Crippen molar-refractivity contribution in [2.75, 3.05) is 18.0 Å². The van der Waals surface area contributed by atoms with Crippen LogP contribution in [0.2, 0.25) is 0 Å². The van der Waals surface area contributed by atoms with Crippen molar-refractivity contribution < 1.29 is 0 Å². The summed E-state index contributed by atoms with van der Waals surface area (Å²) in [6, 6.07) is 4.25. The maximum Gasteiger partial charge on any atom is 0.142 e. The van der Waals surface area contributed by atoms with E-state index in [0.717, 1.165) is 23.4 Å². The van der Waals surface area contributed by atoms with E-state index >= 15 is 0 Å². The summed E-state index contributed by atoms with van der Waals surface area (Å²) in [6.07, 6.45) is 4.28. The van der Waals surface area contributed by atoms with Gasteiger partial charge in [0.25, 0.3) is 0 Å². The van der Waals surface area contributed by atoms with Crippen LogP contribution in [0.1, 0.15) is 19.8 Å². The fraction of sp³-hybridized carbons (Fsp3) is 0.583. The Hall–Kier alpha value is -0.610. The lowest BCUT2D eigenvalue weighted by atomic mass is 9.92. The molecule has 0 spiro atoms. The summed E-state index contributed by atoms with van der Waals surface area (Å²) in [4.78, 5) is 6.77. The Balaban J connectivity index is 2.13. The van der Waals surface area contributed by atoms with Crippen LogP contribution in [0.15, 0.2) is 22.8 Å². The van der Waals surface area contributed by atoms with Gasteiger partial charge in [0.15, 0.2) is 0 Å². The van der Waals surface area contributed by atoms with Crippen LogP contribution >= 0.6 is 15.9 Å². The first kappa shape index (κ1) is 11.9. The Kier molecular flexibility index (Phi) is 3.82. The molecule has 0 bridgehead atoms. The number of hydrogen-bond donors (Lipinski definition) is 1. The van der Waals surface area contributed by atoms with Crippen molar-refractivity contribution in [3.05, 3.63) is 22.8 Å². The van der Waals surface area contributed by atoms with Gasteiger partial charge in [-0.1, -0.05) is 0 Å². The van der Waals surface area contributed by atoms with E-state index in [0.29, 0.717) is 5.92 Å². The topological polar surface area (TPSA) is 42.1 Å². The van der Waals surface area contributed by atoms with Crippen molar-refractivity contribution in [2.45, 2.75) is 25.8 Å². The number of pyridine rings is 1. The van der Waals surface area contributed by atoms with Gasteiger partial charge in [0.05, 0.1) is 4.47 Å². The molecule has 0 aromatic carbocycles. The van der Waals surface area contributed by atoms with Crippen LogP contribution in [0.3, 0.4) is 0 Å². The number of nitrogens with zero attached hydrogens (tertiary/aromatic N) is 2. The van der Waals surface area contributed by atoms with Gasteiger partial charge in [0, 0.05) is 25.3 Å². The number of piperidine rings is 1. The molecule has 0 radical (unpaired) electrons. The molecule has 2 N–H and O–H groups in total. The lowest BCUT2D eigenvalue weighted by molar-refractivity contribution is 0.363. The molecule has 4 heteroatoms. The molecule has 1 aromatic rings. The molecule has 1 aliphatic rings. The van der Waals surface area contributed by atoms with Crippen LogP contribution in [0, 0.1) is 5.92 Å². The second-order valence-corrected chi connectivity index (χ2v) is 5.37. The third-order valence-corrected chi connectivity index (χ3v) is 3.86. The minimum Gasteiger partial charge on any atom is -0.355 e. The molecule has 2 atom stereocenters. The van der Waals surface area contributed by atoms with Gasteiger partial charge in [-0.15, -0.1) is 0 Å². The average Bonchev–Trinajstić information content (AvgIpc) is 2.30. The van der Waals surface area contributed by atoms with Crippen molar-refractivity contribution in [1.29, 1.82) is 0 Å². The van der Waals surface area contributed by atoms with Crippen LogP contribution in [0.4, 0.5) is 5.82 Å². The van der Waals surface area contributed by atoms with Gasteiger partial charge in [0.2, 0.25) is 0 Å². The smallest absolute Gasteiger partial charge is 0.142 e. The van der Waals surface area contributed by atoms with E-state index < -0.39 is 0 Å². The number of aromatic nitrogens is 1. The zero-order valence-electron chi connectivity index (χ0n) is 9.56. The summed E-state index contributed by atoms with van der Waals surface area (Å²) in [5.41, 5.74) is 5.99. The lowest BCUT2D eigenvalue weighted by Crippen LogP contribution is -2.42. The van der Waals surface area contributed by atoms with Gasteiger partial charge in [-0.25, -0.2) is 4.98 Å². The summed E-state index contributed by atoms with van der Waals surface area (Å²) in [7, 11) is 0.